The van der Waals surface area contributed by atoms with E-state index < -0.39 is 0 Å². The molecule has 2 heteroatoms. The van der Waals surface area contributed by atoms with Gasteiger partial charge < -0.3 is 8.83 Å². The molecule has 22 aromatic rings. The van der Waals surface area contributed by atoms with Gasteiger partial charge in [0.15, 0.2) is 0 Å². The van der Waals surface area contributed by atoms with Crippen LogP contribution in [0.15, 0.2) is 385 Å². The maximum Gasteiger partial charge on any atom is 0.143 e. The summed E-state index contributed by atoms with van der Waals surface area (Å²) >= 11 is 0. The smallest absolute Gasteiger partial charge is 0.143 e. The zero-order valence-corrected chi connectivity index (χ0v) is 57.6. The lowest BCUT2D eigenvalue weighted by Crippen LogP contribution is -1.95. The molecule has 2 aromatic heterocycles. The van der Waals surface area contributed by atoms with Crippen LogP contribution >= 0.6 is 0 Å². The van der Waals surface area contributed by atoms with E-state index in [4.69, 9.17) is 8.83 Å². The number of hydrogen-bond acceptors (Lipinski definition) is 2. The number of rotatable bonds is 9. The van der Waals surface area contributed by atoms with E-state index in [1.54, 1.807) is 0 Å². The second-order valence-corrected chi connectivity index (χ2v) is 28.2. The van der Waals surface area contributed by atoms with Gasteiger partial charge in [-0.15, -0.1) is 0 Å². The molecule has 0 spiro atoms. The Morgan fingerprint density at radius 1 is 0.142 bits per heavy atom. The van der Waals surface area contributed by atoms with Crippen LogP contribution in [0.5, 0.6) is 0 Å². The van der Waals surface area contributed by atoms with Crippen molar-refractivity contribution in [3.63, 3.8) is 0 Å². The van der Waals surface area contributed by atoms with Crippen LogP contribution in [0.3, 0.4) is 0 Å². The van der Waals surface area contributed by atoms with Crippen molar-refractivity contribution in [3.8, 4) is 100 Å². The van der Waals surface area contributed by atoms with Crippen LogP contribution in [-0.4, -0.2) is 0 Å². The second-order valence-electron chi connectivity index (χ2n) is 28.2. The quantitative estimate of drug-likeness (QED) is 0.135. The molecule has 0 amide bonds. The average Bonchev–Trinajstić information content (AvgIpc) is 1.24. The summed E-state index contributed by atoms with van der Waals surface area (Å²) in [5.74, 6) is 0. The van der Waals surface area contributed by atoms with Crippen LogP contribution in [0.1, 0.15) is 0 Å². The molecule has 0 saturated heterocycles. The molecule has 2 heterocycles. The molecule has 2 nitrogen and oxygen atoms in total. The van der Waals surface area contributed by atoms with Crippen molar-refractivity contribution in [1.82, 2.24) is 0 Å². The van der Waals surface area contributed by atoms with E-state index in [2.05, 4.69) is 376 Å². The molecule has 0 N–H and O–H groups in total. The topological polar surface area (TPSA) is 26.3 Å². The van der Waals surface area contributed by atoms with Crippen molar-refractivity contribution in [2.75, 3.05) is 0 Å². The van der Waals surface area contributed by atoms with E-state index in [0.29, 0.717) is 0 Å². The van der Waals surface area contributed by atoms with Gasteiger partial charge in [0.25, 0.3) is 0 Å². The first kappa shape index (κ1) is 59.7. The number of benzene rings is 20. The lowest BCUT2D eigenvalue weighted by Gasteiger charge is -2.22. The summed E-state index contributed by atoms with van der Waals surface area (Å²) < 4.78 is 14.4. The molecule has 20 aromatic carbocycles. The highest BCUT2D eigenvalue weighted by atomic mass is 16.3. The van der Waals surface area contributed by atoms with E-state index in [1.807, 2.05) is 0 Å². The Labute approximate surface area is 611 Å². The van der Waals surface area contributed by atoms with Crippen LogP contribution < -0.4 is 0 Å². The summed E-state index contributed by atoms with van der Waals surface area (Å²) in [6.45, 7) is 0. The third-order valence-corrected chi connectivity index (χ3v) is 22.7. The summed E-state index contributed by atoms with van der Waals surface area (Å²) in [4.78, 5) is 0. The molecule has 0 saturated carbocycles. The van der Waals surface area contributed by atoms with Crippen molar-refractivity contribution in [1.29, 1.82) is 0 Å². The normalized spacial score (nSPS) is 12.0. The lowest BCUT2D eigenvalue weighted by atomic mass is 9.81. The molecule has 106 heavy (non-hydrogen) atoms. The Morgan fingerprint density at radius 3 is 0.991 bits per heavy atom. The van der Waals surface area contributed by atoms with Crippen LogP contribution in [0.2, 0.25) is 0 Å². The van der Waals surface area contributed by atoms with Gasteiger partial charge in [0.05, 0.1) is 0 Å². The Balaban J connectivity index is 0.723. The van der Waals surface area contributed by atoms with E-state index in [1.165, 1.54) is 125 Å². The number of para-hydroxylation sites is 2. The molecule has 0 fully saturated rings. The summed E-state index contributed by atoms with van der Waals surface area (Å²) in [6, 6.07) is 139. The van der Waals surface area contributed by atoms with E-state index in [0.717, 1.165) is 105 Å². The Kier molecular flexibility index (Phi) is 13.4. The highest BCUT2D eigenvalue weighted by Crippen LogP contribution is 2.54. The predicted octanol–water partition coefficient (Wildman–Crippen LogP) is 29.7. The molecule has 0 aliphatic rings. The number of hydrogen-bond donors (Lipinski definition) is 0. The Bertz CT molecular complexity index is 7340. The van der Waals surface area contributed by atoms with Crippen molar-refractivity contribution in [2.24, 2.45) is 0 Å². The molecule has 0 aliphatic heterocycles. The zero-order chi connectivity index (χ0) is 69.5. The molecule has 0 bridgehead atoms. The van der Waals surface area contributed by atoms with Gasteiger partial charge in [-0.2, -0.15) is 0 Å². The first-order valence-corrected chi connectivity index (χ1v) is 36.6. The number of fused-ring (bicyclic) bond motifs is 14. The maximum absolute atomic E-state index is 7.29. The molecule has 0 aliphatic carbocycles. The summed E-state index contributed by atoms with van der Waals surface area (Å²) in [6.07, 6.45) is 0. The Hall–Kier alpha value is -13.9. The summed E-state index contributed by atoms with van der Waals surface area (Å²) in [5.41, 5.74) is 24.4. The van der Waals surface area contributed by atoms with Crippen LogP contribution in [0.25, 0.3) is 230 Å². The molecular formula is C104H62O2. The third-order valence-electron chi connectivity index (χ3n) is 22.7. The van der Waals surface area contributed by atoms with E-state index in [9.17, 15) is 0 Å². The summed E-state index contributed by atoms with van der Waals surface area (Å²) in [5, 5.41) is 23.5. The molecule has 0 unspecified atom stereocenters. The fraction of sp³-hybridized carbons (Fsp3) is 0. The molecule has 490 valence electrons. The first-order valence-electron chi connectivity index (χ1n) is 36.6. The minimum absolute atomic E-state index is 0.855. The first-order chi connectivity index (χ1) is 52.6. The second kappa shape index (κ2) is 23.8. The van der Waals surface area contributed by atoms with Crippen molar-refractivity contribution < 1.29 is 8.83 Å². The van der Waals surface area contributed by atoms with Gasteiger partial charge in [0.1, 0.15) is 22.3 Å². The predicted molar refractivity (Wildman–Crippen MR) is 450 cm³/mol. The minimum atomic E-state index is 0.855. The van der Waals surface area contributed by atoms with Gasteiger partial charge in [-0.05, 0) is 199 Å². The molecule has 0 atom stereocenters. The van der Waals surface area contributed by atoms with Crippen molar-refractivity contribution in [2.45, 2.75) is 0 Å². The van der Waals surface area contributed by atoms with Gasteiger partial charge in [0.2, 0.25) is 0 Å². The SMILES string of the molecule is c1ccc(-c2c3ccccc3c(-c3ccc(-c4ccc(-c5ccc(-c6c7ccccc7c(-c7cccc8oc9c(-c%10cccc%11ccccc%10%11)cccc9c78)c7ccccc67)c(-c6cccc7ccccc67)c5)c5ccccc45)c4oc5ccccc5c34)c3ccccc23)c(-c2cccc3ccccc23)c1. The Morgan fingerprint density at radius 2 is 0.434 bits per heavy atom. The number of furan rings is 2. The minimum Gasteiger partial charge on any atom is -0.455 e. The summed E-state index contributed by atoms with van der Waals surface area (Å²) in [7, 11) is 0. The van der Waals surface area contributed by atoms with Crippen molar-refractivity contribution >= 4 is 130 Å². The zero-order valence-electron chi connectivity index (χ0n) is 57.6. The van der Waals surface area contributed by atoms with Crippen LogP contribution in [0, 0.1) is 0 Å². The average molecular weight is 1340 g/mol. The monoisotopic (exact) mass is 1340 g/mol. The van der Waals surface area contributed by atoms with Crippen molar-refractivity contribution in [3.05, 3.63) is 376 Å². The highest BCUT2D eigenvalue weighted by molar-refractivity contribution is 6.30. The van der Waals surface area contributed by atoms with E-state index >= 15 is 0 Å². The molecular weight excluding hydrogens is 1280 g/mol. The third kappa shape index (κ3) is 9.05. The van der Waals surface area contributed by atoms with E-state index in [-0.39, 0.29) is 0 Å². The largest absolute Gasteiger partial charge is 0.455 e. The lowest BCUT2D eigenvalue weighted by molar-refractivity contribution is 0.670. The van der Waals surface area contributed by atoms with Gasteiger partial charge in [0, 0.05) is 32.7 Å². The van der Waals surface area contributed by atoms with Gasteiger partial charge >= 0.3 is 0 Å². The van der Waals surface area contributed by atoms with Crippen LogP contribution in [-0.2, 0) is 0 Å². The molecule has 0 radical (unpaired) electrons. The fourth-order valence-corrected chi connectivity index (χ4v) is 18.2. The standard InChI is InChI=1S/C104H62O2/c1-4-32-67-63(26-1)29-21-48-72(67)76-37-9-10-38-78(76)97-79-39-11-17-45-85(79)100(86-46-18-12-40-80(86)97)92-61-60-89(104-102(92)90-47-19-20-54-95(90)105-104)77-59-58-70(71-35-7-8-36-75(71)77)66-56-57-87(94(62-66)74-50-23-31-65-28-3-6-34-69(65)74)98-81-41-13-15-43-83(81)99(84-44-16-14-42-82(84)98)91-52-25-55-96-101(91)93-53-24-51-88(103(93)106-96)73-49-22-30-64-27-2-5-33-68(64)73/h1-62H. The van der Waals surface area contributed by atoms with Gasteiger partial charge in [-0.1, -0.05) is 352 Å². The van der Waals surface area contributed by atoms with Gasteiger partial charge in [-0.3, -0.25) is 0 Å². The van der Waals surface area contributed by atoms with Gasteiger partial charge in [-0.25, -0.2) is 0 Å². The van der Waals surface area contributed by atoms with Crippen LogP contribution in [0.4, 0.5) is 0 Å². The molecule has 22 rings (SSSR count). The maximum atomic E-state index is 7.29. The fourth-order valence-electron chi connectivity index (χ4n) is 18.2. The highest BCUT2D eigenvalue weighted by Gasteiger charge is 2.28.